The highest BCUT2D eigenvalue weighted by Gasteiger charge is 2.08. The lowest BCUT2D eigenvalue weighted by Gasteiger charge is -1.89. The van der Waals surface area contributed by atoms with Crippen molar-refractivity contribution in [2.24, 2.45) is 0 Å². The molecule has 0 amide bonds. The van der Waals surface area contributed by atoms with Gasteiger partial charge in [0.1, 0.15) is 0 Å². The number of H-pyrrole nitrogens is 1. The highest BCUT2D eigenvalue weighted by atomic mass is 16.6. The molecular formula is C8H6BN3O2. The van der Waals surface area contributed by atoms with Gasteiger partial charge in [0.25, 0.3) is 5.69 Å². The first-order valence-electron chi connectivity index (χ1n) is 4.04. The lowest BCUT2D eigenvalue weighted by molar-refractivity contribution is -0.384. The number of benzene rings is 1. The largest absolute Gasteiger partial charge is 0.342 e. The molecule has 0 saturated carbocycles. The molecule has 2 radical (unpaired) electrons. The van der Waals surface area contributed by atoms with E-state index in [-0.39, 0.29) is 5.69 Å². The Morgan fingerprint density at radius 1 is 1.57 bits per heavy atom. The van der Waals surface area contributed by atoms with Crippen molar-refractivity contribution in [2.75, 3.05) is 0 Å². The Morgan fingerprint density at radius 3 is 3.00 bits per heavy atom. The van der Waals surface area contributed by atoms with Crippen molar-refractivity contribution in [1.82, 2.24) is 9.97 Å². The number of nitrogens with zero attached hydrogens (tertiary/aromatic N) is 2. The minimum Gasteiger partial charge on any atom is -0.342 e. The second-order valence-electron chi connectivity index (χ2n) is 2.85. The summed E-state index contributed by atoms with van der Waals surface area (Å²) >= 11 is 0. The first-order valence-corrected chi connectivity index (χ1v) is 4.04. The molecule has 0 unspecified atom stereocenters. The van der Waals surface area contributed by atoms with Crippen LogP contribution < -0.4 is 0 Å². The average molecular weight is 187 g/mol. The molecule has 0 fully saturated rings. The van der Waals surface area contributed by atoms with Crippen LogP contribution in [-0.2, 0) is 6.32 Å². The van der Waals surface area contributed by atoms with Crippen molar-refractivity contribution in [3.63, 3.8) is 0 Å². The molecule has 1 aromatic carbocycles. The Kier molecular flexibility index (Phi) is 1.96. The van der Waals surface area contributed by atoms with E-state index in [1.165, 1.54) is 12.1 Å². The summed E-state index contributed by atoms with van der Waals surface area (Å²) in [5, 5.41) is 10.5. The molecule has 2 rings (SSSR count). The fourth-order valence-corrected chi connectivity index (χ4v) is 1.26. The molecule has 6 heteroatoms. The summed E-state index contributed by atoms with van der Waals surface area (Å²) in [7, 11) is 5.38. The number of nitro benzene ring substituents is 1. The van der Waals surface area contributed by atoms with Crippen LogP contribution >= 0.6 is 0 Å². The van der Waals surface area contributed by atoms with Gasteiger partial charge < -0.3 is 4.98 Å². The molecule has 1 heterocycles. The first kappa shape index (κ1) is 8.74. The zero-order valence-electron chi connectivity index (χ0n) is 7.23. The number of nitro groups is 1. The molecule has 0 aliphatic carbocycles. The summed E-state index contributed by atoms with van der Waals surface area (Å²) in [6, 6.07) is 4.47. The summed E-state index contributed by atoms with van der Waals surface area (Å²) in [5.74, 6) is 0.625. The van der Waals surface area contributed by atoms with Crippen LogP contribution in [0.1, 0.15) is 5.82 Å². The van der Waals surface area contributed by atoms with E-state index in [9.17, 15) is 10.1 Å². The number of non-ortho nitro benzene ring substituents is 1. The van der Waals surface area contributed by atoms with Crippen molar-refractivity contribution < 1.29 is 4.92 Å². The highest BCUT2D eigenvalue weighted by Crippen LogP contribution is 2.18. The van der Waals surface area contributed by atoms with Crippen LogP contribution in [0.2, 0.25) is 0 Å². The Morgan fingerprint density at radius 2 is 2.36 bits per heavy atom. The standard InChI is InChI=1S/C8H6BN3O2/c9-4-8-10-6-2-1-5(12(13)14)3-7(6)11-8/h1-3H,4H2,(H,10,11). The van der Waals surface area contributed by atoms with E-state index in [1.54, 1.807) is 6.07 Å². The Balaban J connectivity index is 2.59. The molecule has 0 bridgehead atoms. The number of fused-ring (bicyclic) bond motifs is 1. The minimum atomic E-state index is -0.442. The van der Waals surface area contributed by atoms with Gasteiger partial charge in [-0.15, -0.1) is 0 Å². The number of hydrogen-bond acceptors (Lipinski definition) is 3. The Labute approximate surface area is 80.7 Å². The van der Waals surface area contributed by atoms with Crippen LogP contribution in [0.25, 0.3) is 11.0 Å². The van der Waals surface area contributed by atoms with Gasteiger partial charge >= 0.3 is 0 Å². The average Bonchev–Trinajstić information content (AvgIpc) is 2.58. The monoisotopic (exact) mass is 187 g/mol. The SMILES string of the molecule is [B]Cc1nc2ccc([N+](=O)[O-])cc2[nH]1. The third-order valence-electron chi connectivity index (χ3n) is 1.92. The van der Waals surface area contributed by atoms with E-state index in [4.69, 9.17) is 7.85 Å². The van der Waals surface area contributed by atoms with Gasteiger partial charge in [-0.1, -0.05) is 0 Å². The van der Waals surface area contributed by atoms with Crippen LogP contribution in [0, 0.1) is 10.1 Å². The van der Waals surface area contributed by atoms with Gasteiger partial charge in [0, 0.05) is 12.1 Å². The number of aromatic amines is 1. The van der Waals surface area contributed by atoms with E-state index in [1.807, 2.05) is 0 Å². The predicted octanol–water partition coefficient (Wildman–Crippen LogP) is 1.14. The van der Waals surface area contributed by atoms with Gasteiger partial charge in [0.05, 0.1) is 29.6 Å². The summed E-state index contributed by atoms with van der Waals surface area (Å²) in [5.41, 5.74) is 1.38. The smallest absolute Gasteiger partial charge is 0.271 e. The molecule has 0 atom stereocenters. The molecule has 1 N–H and O–H groups in total. The normalized spacial score (nSPS) is 10.6. The van der Waals surface area contributed by atoms with Crippen molar-refractivity contribution in [1.29, 1.82) is 0 Å². The van der Waals surface area contributed by atoms with E-state index >= 15 is 0 Å². The van der Waals surface area contributed by atoms with Crippen molar-refractivity contribution in [3.05, 3.63) is 34.1 Å². The molecule has 1 aromatic heterocycles. The minimum absolute atomic E-state index is 0.0460. The fourth-order valence-electron chi connectivity index (χ4n) is 1.26. The maximum atomic E-state index is 10.5. The van der Waals surface area contributed by atoms with Gasteiger partial charge in [-0.2, -0.15) is 0 Å². The lowest BCUT2D eigenvalue weighted by atomic mass is 10.1. The molecule has 0 saturated heterocycles. The van der Waals surface area contributed by atoms with E-state index in [2.05, 4.69) is 9.97 Å². The molecule has 0 spiro atoms. The van der Waals surface area contributed by atoms with E-state index in [0.717, 1.165) is 0 Å². The van der Waals surface area contributed by atoms with Crippen LogP contribution in [0.4, 0.5) is 5.69 Å². The van der Waals surface area contributed by atoms with E-state index < -0.39 is 4.92 Å². The molecule has 5 nitrogen and oxygen atoms in total. The fraction of sp³-hybridized carbons (Fsp3) is 0.125. The number of nitrogens with one attached hydrogen (secondary N) is 1. The number of aromatic nitrogens is 2. The maximum absolute atomic E-state index is 10.5. The molecule has 0 aliphatic heterocycles. The first-order chi connectivity index (χ1) is 6.70. The summed E-state index contributed by atoms with van der Waals surface area (Å²) in [4.78, 5) is 17.1. The summed E-state index contributed by atoms with van der Waals surface area (Å²) < 4.78 is 0. The van der Waals surface area contributed by atoms with Crippen LogP contribution in [0.5, 0.6) is 0 Å². The van der Waals surface area contributed by atoms with Crippen molar-refractivity contribution in [3.8, 4) is 0 Å². The Bertz CT molecular complexity index is 494. The van der Waals surface area contributed by atoms with Crippen LogP contribution in [0.3, 0.4) is 0 Å². The van der Waals surface area contributed by atoms with Gasteiger partial charge in [-0.25, -0.2) is 4.98 Å². The number of imidazole rings is 1. The molecule has 0 aliphatic rings. The zero-order chi connectivity index (χ0) is 10.1. The lowest BCUT2D eigenvalue weighted by Crippen LogP contribution is -1.86. The molecule has 68 valence electrons. The van der Waals surface area contributed by atoms with Crippen LogP contribution in [-0.4, -0.2) is 22.7 Å². The van der Waals surface area contributed by atoms with E-state index in [0.29, 0.717) is 23.2 Å². The third kappa shape index (κ3) is 1.35. The quantitative estimate of drug-likeness (QED) is 0.435. The second-order valence-corrected chi connectivity index (χ2v) is 2.85. The van der Waals surface area contributed by atoms with Crippen molar-refractivity contribution >= 4 is 24.6 Å². The molecule has 2 aromatic rings. The van der Waals surface area contributed by atoms with Gasteiger partial charge in [-0.05, 0) is 12.4 Å². The topological polar surface area (TPSA) is 71.8 Å². The summed E-state index contributed by atoms with van der Waals surface area (Å²) in [6.45, 7) is 0. The molecular weight excluding hydrogens is 181 g/mol. The third-order valence-corrected chi connectivity index (χ3v) is 1.92. The maximum Gasteiger partial charge on any atom is 0.271 e. The molecule has 14 heavy (non-hydrogen) atoms. The summed E-state index contributed by atoms with van der Waals surface area (Å²) in [6.07, 6.45) is 0.294. The Hall–Kier alpha value is -1.85. The number of hydrogen-bond donors (Lipinski definition) is 1. The predicted molar refractivity (Wildman–Crippen MR) is 52.2 cm³/mol. The highest BCUT2D eigenvalue weighted by molar-refractivity contribution is 6.08. The van der Waals surface area contributed by atoms with Crippen LogP contribution in [0.15, 0.2) is 18.2 Å². The van der Waals surface area contributed by atoms with Gasteiger partial charge in [0.15, 0.2) is 0 Å². The van der Waals surface area contributed by atoms with Gasteiger partial charge in [-0.3, -0.25) is 10.1 Å². The number of rotatable bonds is 2. The van der Waals surface area contributed by atoms with Gasteiger partial charge in [0.2, 0.25) is 0 Å². The second kappa shape index (κ2) is 3.14. The van der Waals surface area contributed by atoms with Crippen molar-refractivity contribution in [2.45, 2.75) is 6.32 Å². The zero-order valence-corrected chi connectivity index (χ0v) is 7.23.